The second-order valence-corrected chi connectivity index (χ2v) is 8.65. The molecule has 1 heterocycles. The SMILES string of the molecule is CNCc1cc(S(=O)(=O)NCCC(C)C)c(Br)s1. The van der Waals surface area contributed by atoms with Crippen LogP contribution in [0.15, 0.2) is 14.7 Å². The molecule has 0 unspecified atom stereocenters. The molecule has 0 spiro atoms. The lowest BCUT2D eigenvalue weighted by molar-refractivity contribution is 0.551. The van der Waals surface area contributed by atoms with Crippen molar-refractivity contribution in [3.05, 3.63) is 14.7 Å². The summed E-state index contributed by atoms with van der Waals surface area (Å²) in [5, 5.41) is 3.01. The summed E-state index contributed by atoms with van der Waals surface area (Å²) >= 11 is 4.76. The zero-order valence-corrected chi connectivity index (χ0v) is 14.0. The smallest absolute Gasteiger partial charge is 0.242 e. The zero-order chi connectivity index (χ0) is 13.8. The van der Waals surface area contributed by atoms with E-state index in [2.05, 4.69) is 39.8 Å². The van der Waals surface area contributed by atoms with Crippen LogP contribution in [-0.2, 0) is 16.6 Å². The first-order chi connectivity index (χ1) is 8.36. The summed E-state index contributed by atoms with van der Waals surface area (Å²) < 4.78 is 27.5. The first kappa shape index (κ1) is 16.1. The molecule has 18 heavy (non-hydrogen) atoms. The van der Waals surface area contributed by atoms with Gasteiger partial charge in [-0.05, 0) is 41.4 Å². The van der Waals surface area contributed by atoms with Crippen molar-refractivity contribution in [3.63, 3.8) is 0 Å². The van der Waals surface area contributed by atoms with Crippen LogP contribution in [0.1, 0.15) is 25.1 Å². The van der Waals surface area contributed by atoms with Gasteiger partial charge in [-0.15, -0.1) is 11.3 Å². The third kappa shape index (κ3) is 4.62. The number of hydrogen-bond donors (Lipinski definition) is 2. The first-order valence-corrected chi connectivity index (χ1v) is 8.88. The van der Waals surface area contributed by atoms with E-state index < -0.39 is 10.0 Å². The van der Waals surface area contributed by atoms with Gasteiger partial charge in [0.25, 0.3) is 0 Å². The Morgan fingerprint density at radius 3 is 2.67 bits per heavy atom. The van der Waals surface area contributed by atoms with E-state index >= 15 is 0 Å². The van der Waals surface area contributed by atoms with E-state index in [0.717, 1.165) is 11.3 Å². The third-order valence-corrected chi connectivity index (χ3v) is 6.07. The van der Waals surface area contributed by atoms with Gasteiger partial charge in [0.05, 0.1) is 3.79 Å². The monoisotopic (exact) mass is 354 g/mol. The molecule has 0 atom stereocenters. The summed E-state index contributed by atoms with van der Waals surface area (Å²) in [7, 11) is -1.56. The summed E-state index contributed by atoms with van der Waals surface area (Å²) in [4.78, 5) is 1.33. The normalized spacial score (nSPS) is 12.3. The third-order valence-electron chi connectivity index (χ3n) is 2.36. The van der Waals surface area contributed by atoms with E-state index in [1.807, 2.05) is 7.05 Å². The summed E-state index contributed by atoms with van der Waals surface area (Å²) in [5.41, 5.74) is 0. The van der Waals surface area contributed by atoms with Gasteiger partial charge in [0, 0.05) is 18.0 Å². The van der Waals surface area contributed by atoms with Crippen LogP contribution in [0.3, 0.4) is 0 Å². The molecule has 0 radical (unpaired) electrons. The quantitative estimate of drug-likeness (QED) is 0.790. The van der Waals surface area contributed by atoms with Crippen molar-refractivity contribution in [2.24, 2.45) is 5.92 Å². The van der Waals surface area contributed by atoms with Crippen LogP contribution in [0.5, 0.6) is 0 Å². The first-order valence-electron chi connectivity index (χ1n) is 5.79. The molecule has 0 aromatic carbocycles. The van der Waals surface area contributed by atoms with Crippen molar-refractivity contribution in [2.75, 3.05) is 13.6 Å². The number of thiophene rings is 1. The lowest BCUT2D eigenvalue weighted by Gasteiger charge is -2.07. The summed E-state index contributed by atoms with van der Waals surface area (Å²) in [6.07, 6.45) is 0.838. The molecule has 0 saturated carbocycles. The highest BCUT2D eigenvalue weighted by atomic mass is 79.9. The van der Waals surface area contributed by atoms with Gasteiger partial charge in [0.1, 0.15) is 4.90 Å². The van der Waals surface area contributed by atoms with Gasteiger partial charge < -0.3 is 5.32 Å². The molecule has 2 N–H and O–H groups in total. The van der Waals surface area contributed by atoms with Crippen LogP contribution in [-0.4, -0.2) is 22.0 Å². The van der Waals surface area contributed by atoms with Gasteiger partial charge in [-0.25, -0.2) is 13.1 Å². The predicted molar refractivity (Wildman–Crippen MR) is 79.4 cm³/mol. The summed E-state index contributed by atoms with van der Waals surface area (Å²) in [6, 6.07) is 1.71. The van der Waals surface area contributed by atoms with Crippen molar-refractivity contribution in [2.45, 2.75) is 31.7 Å². The van der Waals surface area contributed by atoms with Crippen LogP contribution < -0.4 is 10.0 Å². The lowest BCUT2D eigenvalue weighted by atomic mass is 10.1. The van der Waals surface area contributed by atoms with Crippen LogP contribution in [0.25, 0.3) is 0 Å². The molecule has 104 valence electrons. The highest BCUT2D eigenvalue weighted by molar-refractivity contribution is 9.11. The van der Waals surface area contributed by atoms with E-state index in [0.29, 0.717) is 27.7 Å². The number of nitrogens with one attached hydrogen (secondary N) is 2. The Morgan fingerprint density at radius 2 is 2.11 bits per heavy atom. The second-order valence-electron chi connectivity index (χ2n) is 4.46. The van der Waals surface area contributed by atoms with Gasteiger partial charge >= 0.3 is 0 Å². The molecule has 4 nitrogen and oxygen atoms in total. The standard InChI is InChI=1S/C11H19BrN2O2S2/c1-8(2)4-5-14-18(15,16)10-6-9(7-13-3)17-11(10)12/h6,8,13-14H,4-5,7H2,1-3H3. The summed E-state index contributed by atoms with van der Waals surface area (Å²) in [5.74, 6) is 0.485. The Labute approximate surface area is 121 Å². The average molecular weight is 355 g/mol. The molecule has 0 aliphatic heterocycles. The van der Waals surface area contributed by atoms with Crippen LogP contribution in [0.2, 0.25) is 0 Å². The molecular formula is C11H19BrN2O2S2. The molecule has 1 aromatic heterocycles. The maximum Gasteiger partial charge on any atom is 0.242 e. The molecule has 1 rings (SSSR count). The van der Waals surface area contributed by atoms with Gasteiger partial charge in [-0.1, -0.05) is 13.8 Å². The minimum atomic E-state index is -3.40. The number of hydrogen-bond acceptors (Lipinski definition) is 4. The fourth-order valence-electron chi connectivity index (χ4n) is 1.40. The van der Waals surface area contributed by atoms with Crippen molar-refractivity contribution in [1.82, 2.24) is 10.0 Å². The highest BCUT2D eigenvalue weighted by Gasteiger charge is 2.20. The molecule has 1 aromatic rings. The fraction of sp³-hybridized carbons (Fsp3) is 0.636. The minimum absolute atomic E-state index is 0.335. The topological polar surface area (TPSA) is 58.2 Å². The molecular weight excluding hydrogens is 336 g/mol. The van der Waals surface area contributed by atoms with Crippen molar-refractivity contribution in [1.29, 1.82) is 0 Å². The van der Waals surface area contributed by atoms with E-state index in [9.17, 15) is 8.42 Å². The van der Waals surface area contributed by atoms with Gasteiger partial charge in [0.2, 0.25) is 10.0 Å². The molecule has 0 bridgehead atoms. The van der Waals surface area contributed by atoms with Gasteiger partial charge in [0.15, 0.2) is 0 Å². The van der Waals surface area contributed by atoms with Crippen molar-refractivity contribution in [3.8, 4) is 0 Å². The maximum atomic E-state index is 12.1. The Kier molecular flexibility index (Phi) is 6.26. The maximum absolute atomic E-state index is 12.1. The van der Waals surface area contributed by atoms with Crippen LogP contribution in [0.4, 0.5) is 0 Å². The minimum Gasteiger partial charge on any atom is -0.315 e. The summed E-state index contributed by atoms with van der Waals surface area (Å²) in [6.45, 7) is 5.29. The van der Waals surface area contributed by atoms with Crippen LogP contribution >= 0.6 is 27.3 Å². The van der Waals surface area contributed by atoms with E-state index in [-0.39, 0.29) is 0 Å². The van der Waals surface area contributed by atoms with Crippen LogP contribution in [0, 0.1) is 5.92 Å². The van der Waals surface area contributed by atoms with E-state index in [4.69, 9.17) is 0 Å². The van der Waals surface area contributed by atoms with Gasteiger partial charge in [-0.3, -0.25) is 0 Å². The average Bonchev–Trinajstić information content (AvgIpc) is 2.60. The van der Waals surface area contributed by atoms with Crippen molar-refractivity contribution < 1.29 is 8.42 Å². The molecule has 0 saturated heterocycles. The highest BCUT2D eigenvalue weighted by Crippen LogP contribution is 2.31. The predicted octanol–water partition coefficient (Wildman–Crippen LogP) is 2.55. The molecule has 7 heteroatoms. The molecule has 0 aliphatic carbocycles. The number of sulfonamides is 1. The Balaban J connectivity index is 2.78. The van der Waals surface area contributed by atoms with Gasteiger partial charge in [-0.2, -0.15) is 0 Å². The van der Waals surface area contributed by atoms with E-state index in [1.54, 1.807) is 6.07 Å². The molecule has 0 aliphatic rings. The number of halogens is 1. The second kappa shape index (κ2) is 7.00. The Hall–Kier alpha value is 0.0500. The van der Waals surface area contributed by atoms with E-state index in [1.165, 1.54) is 11.3 Å². The molecule has 0 amide bonds. The fourth-order valence-corrected chi connectivity index (χ4v) is 5.14. The Morgan fingerprint density at radius 1 is 1.44 bits per heavy atom. The lowest BCUT2D eigenvalue weighted by Crippen LogP contribution is -2.25. The molecule has 0 fully saturated rings. The number of rotatable bonds is 7. The zero-order valence-electron chi connectivity index (χ0n) is 10.8. The Bertz CT molecular complexity index is 483. The largest absolute Gasteiger partial charge is 0.315 e. The van der Waals surface area contributed by atoms with Crippen molar-refractivity contribution >= 4 is 37.3 Å².